The Hall–Kier alpha value is -2.36. The number of carbonyl (C=O) groups excluding carboxylic acids is 1. The third-order valence-electron chi connectivity index (χ3n) is 2.48. The molecule has 98 valence electrons. The van der Waals surface area contributed by atoms with Gasteiger partial charge in [0.05, 0.1) is 12.2 Å². The largest absolute Gasteiger partial charge is 0.494 e. The smallest absolute Gasteiger partial charge is 0.173 e. The lowest BCUT2D eigenvalue weighted by molar-refractivity contribution is 0.112. The van der Waals surface area contributed by atoms with Gasteiger partial charge in [-0.1, -0.05) is 6.07 Å². The fraction of sp³-hybridized carbons (Fsp3) is 0.133. The van der Waals surface area contributed by atoms with Crippen molar-refractivity contribution in [3.8, 4) is 17.2 Å². The van der Waals surface area contributed by atoms with Crippen LogP contribution in [0, 0.1) is 5.82 Å². The van der Waals surface area contributed by atoms with E-state index >= 15 is 0 Å². The zero-order chi connectivity index (χ0) is 13.7. The van der Waals surface area contributed by atoms with E-state index in [-0.39, 0.29) is 11.3 Å². The molecule has 0 aliphatic heterocycles. The van der Waals surface area contributed by atoms with Crippen LogP contribution in [0.5, 0.6) is 17.2 Å². The number of para-hydroxylation sites is 1. The molecule has 0 saturated heterocycles. The lowest BCUT2D eigenvalue weighted by atomic mass is 10.2. The first-order valence-corrected chi connectivity index (χ1v) is 5.89. The van der Waals surface area contributed by atoms with Crippen LogP contribution in [0.15, 0.2) is 42.5 Å². The van der Waals surface area contributed by atoms with Crippen molar-refractivity contribution in [3.05, 3.63) is 53.8 Å². The molecule has 0 aliphatic rings. The summed E-state index contributed by atoms with van der Waals surface area (Å²) in [6, 6.07) is 11.0. The van der Waals surface area contributed by atoms with Crippen molar-refractivity contribution in [2.24, 2.45) is 0 Å². The van der Waals surface area contributed by atoms with Crippen molar-refractivity contribution >= 4 is 6.29 Å². The summed E-state index contributed by atoms with van der Waals surface area (Å²) < 4.78 is 24.3. The Balaban J connectivity index is 2.23. The fourth-order valence-corrected chi connectivity index (χ4v) is 1.61. The second kappa shape index (κ2) is 6.00. The van der Waals surface area contributed by atoms with Crippen molar-refractivity contribution in [2.45, 2.75) is 6.92 Å². The Morgan fingerprint density at radius 3 is 2.42 bits per heavy atom. The number of rotatable bonds is 5. The number of benzene rings is 2. The van der Waals surface area contributed by atoms with Crippen LogP contribution in [0.2, 0.25) is 0 Å². The molecule has 2 aromatic rings. The zero-order valence-electron chi connectivity index (χ0n) is 10.4. The summed E-state index contributed by atoms with van der Waals surface area (Å²) in [6.07, 6.45) is 0.562. The topological polar surface area (TPSA) is 35.5 Å². The third kappa shape index (κ3) is 3.10. The van der Waals surface area contributed by atoms with E-state index in [1.165, 1.54) is 18.2 Å². The van der Waals surface area contributed by atoms with Gasteiger partial charge in [-0.05, 0) is 43.3 Å². The SMILES string of the molecule is CCOc1ccc(Oc2c(F)cccc2C=O)cc1. The van der Waals surface area contributed by atoms with Crippen LogP contribution >= 0.6 is 0 Å². The van der Waals surface area contributed by atoms with Gasteiger partial charge in [-0.3, -0.25) is 4.79 Å². The Morgan fingerprint density at radius 1 is 1.11 bits per heavy atom. The molecule has 0 radical (unpaired) electrons. The van der Waals surface area contributed by atoms with E-state index in [0.29, 0.717) is 24.4 Å². The number of hydrogen-bond acceptors (Lipinski definition) is 3. The molecule has 0 N–H and O–H groups in total. The van der Waals surface area contributed by atoms with Gasteiger partial charge in [-0.2, -0.15) is 0 Å². The van der Waals surface area contributed by atoms with Gasteiger partial charge in [-0.15, -0.1) is 0 Å². The summed E-state index contributed by atoms with van der Waals surface area (Å²) in [7, 11) is 0. The van der Waals surface area contributed by atoms with Crippen LogP contribution in [-0.4, -0.2) is 12.9 Å². The molecule has 2 aromatic carbocycles. The number of hydrogen-bond donors (Lipinski definition) is 0. The fourth-order valence-electron chi connectivity index (χ4n) is 1.61. The highest BCUT2D eigenvalue weighted by Gasteiger charge is 2.10. The van der Waals surface area contributed by atoms with Crippen LogP contribution in [0.3, 0.4) is 0 Å². The molecule has 0 aliphatic carbocycles. The molecular formula is C15H13FO3. The van der Waals surface area contributed by atoms with E-state index in [1.54, 1.807) is 24.3 Å². The summed E-state index contributed by atoms with van der Waals surface area (Å²) in [5.41, 5.74) is 0.175. The second-order valence-corrected chi connectivity index (χ2v) is 3.78. The maximum atomic E-state index is 13.6. The molecule has 2 rings (SSSR count). The van der Waals surface area contributed by atoms with Gasteiger partial charge >= 0.3 is 0 Å². The molecule has 4 heteroatoms. The van der Waals surface area contributed by atoms with Gasteiger partial charge in [-0.25, -0.2) is 4.39 Å². The molecule has 0 fully saturated rings. The number of ether oxygens (including phenoxy) is 2. The van der Waals surface area contributed by atoms with Gasteiger partial charge in [0, 0.05) is 0 Å². The predicted octanol–water partition coefficient (Wildman–Crippen LogP) is 3.83. The lowest BCUT2D eigenvalue weighted by Gasteiger charge is -2.09. The minimum atomic E-state index is -0.571. The van der Waals surface area contributed by atoms with Crippen molar-refractivity contribution in [1.29, 1.82) is 0 Å². The Kier molecular flexibility index (Phi) is 4.13. The summed E-state index contributed by atoms with van der Waals surface area (Å²) in [5.74, 6) is 0.510. The van der Waals surface area contributed by atoms with E-state index in [2.05, 4.69) is 0 Å². The van der Waals surface area contributed by atoms with Crippen molar-refractivity contribution < 1.29 is 18.7 Å². The first-order chi connectivity index (χ1) is 9.24. The Labute approximate surface area is 110 Å². The van der Waals surface area contributed by atoms with Crippen LogP contribution in [0.25, 0.3) is 0 Å². The third-order valence-corrected chi connectivity index (χ3v) is 2.48. The highest BCUT2D eigenvalue weighted by molar-refractivity contribution is 5.79. The van der Waals surface area contributed by atoms with E-state index in [1.807, 2.05) is 6.92 Å². The predicted molar refractivity (Wildman–Crippen MR) is 69.5 cm³/mol. The standard InChI is InChI=1S/C15H13FO3/c1-2-18-12-6-8-13(9-7-12)19-15-11(10-17)4-3-5-14(15)16/h3-10H,2H2,1H3. The average molecular weight is 260 g/mol. The molecule has 0 heterocycles. The summed E-state index contributed by atoms with van der Waals surface area (Å²) >= 11 is 0. The van der Waals surface area contributed by atoms with Crippen molar-refractivity contribution in [3.63, 3.8) is 0 Å². The van der Waals surface area contributed by atoms with Gasteiger partial charge in [0.15, 0.2) is 17.9 Å². The molecule has 0 aromatic heterocycles. The van der Waals surface area contributed by atoms with Crippen molar-refractivity contribution in [1.82, 2.24) is 0 Å². The first-order valence-electron chi connectivity index (χ1n) is 5.89. The molecule has 0 unspecified atom stereocenters. The van der Waals surface area contributed by atoms with Crippen LogP contribution in [0.1, 0.15) is 17.3 Å². The van der Waals surface area contributed by atoms with E-state index < -0.39 is 5.82 Å². The molecule has 0 bridgehead atoms. The molecule has 3 nitrogen and oxygen atoms in total. The van der Waals surface area contributed by atoms with Gasteiger partial charge in [0.2, 0.25) is 0 Å². The highest BCUT2D eigenvalue weighted by Crippen LogP contribution is 2.28. The van der Waals surface area contributed by atoms with Crippen LogP contribution in [0.4, 0.5) is 4.39 Å². The summed E-state index contributed by atoms with van der Waals surface area (Å²) in [5, 5.41) is 0. The van der Waals surface area contributed by atoms with E-state index in [9.17, 15) is 9.18 Å². The second-order valence-electron chi connectivity index (χ2n) is 3.78. The van der Waals surface area contributed by atoms with Crippen LogP contribution in [-0.2, 0) is 0 Å². The average Bonchev–Trinajstić information content (AvgIpc) is 2.43. The first kappa shape index (κ1) is 13.1. The molecule has 0 saturated carbocycles. The zero-order valence-corrected chi connectivity index (χ0v) is 10.4. The monoisotopic (exact) mass is 260 g/mol. The molecular weight excluding hydrogens is 247 g/mol. The molecule has 0 spiro atoms. The van der Waals surface area contributed by atoms with Gasteiger partial charge in [0.1, 0.15) is 11.5 Å². The molecule has 19 heavy (non-hydrogen) atoms. The highest BCUT2D eigenvalue weighted by atomic mass is 19.1. The normalized spacial score (nSPS) is 10.0. The Morgan fingerprint density at radius 2 is 1.79 bits per heavy atom. The number of aldehydes is 1. The number of carbonyl (C=O) groups is 1. The maximum absolute atomic E-state index is 13.6. The molecule has 0 amide bonds. The van der Waals surface area contributed by atoms with Crippen molar-refractivity contribution in [2.75, 3.05) is 6.61 Å². The minimum absolute atomic E-state index is 0.0679. The summed E-state index contributed by atoms with van der Waals surface area (Å²) in [6.45, 7) is 2.46. The summed E-state index contributed by atoms with van der Waals surface area (Å²) in [4.78, 5) is 10.8. The van der Waals surface area contributed by atoms with Crippen LogP contribution < -0.4 is 9.47 Å². The Bertz CT molecular complexity index is 564. The lowest BCUT2D eigenvalue weighted by Crippen LogP contribution is -1.94. The quantitative estimate of drug-likeness (QED) is 0.766. The van der Waals surface area contributed by atoms with Gasteiger partial charge in [0.25, 0.3) is 0 Å². The van der Waals surface area contributed by atoms with E-state index in [4.69, 9.17) is 9.47 Å². The van der Waals surface area contributed by atoms with Gasteiger partial charge < -0.3 is 9.47 Å². The number of halogens is 1. The van der Waals surface area contributed by atoms with E-state index in [0.717, 1.165) is 0 Å². The minimum Gasteiger partial charge on any atom is -0.494 e. The maximum Gasteiger partial charge on any atom is 0.173 e. The molecule has 0 atom stereocenters.